The van der Waals surface area contributed by atoms with E-state index in [1.54, 1.807) is 11.8 Å². The van der Waals surface area contributed by atoms with Crippen LogP contribution in [0.2, 0.25) is 0 Å². The van der Waals surface area contributed by atoms with Gasteiger partial charge in [-0.05, 0) is 13.2 Å². The van der Waals surface area contributed by atoms with Crippen molar-refractivity contribution >= 4 is 17.7 Å². The summed E-state index contributed by atoms with van der Waals surface area (Å²) in [5.41, 5.74) is 0. The summed E-state index contributed by atoms with van der Waals surface area (Å²) in [7, 11) is 0. The van der Waals surface area contributed by atoms with Crippen LogP contribution >= 0.6 is 11.8 Å². The SMILES string of the molecule is CSCCC(=O)N1CCNCC1C. The van der Waals surface area contributed by atoms with Crippen molar-refractivity contribution in [2.45, 2.75) is 19.4 Å². The molecule has 0 spiro atoms. The molecule has 1 aliphatic heterocycles. The highest BCUT2D eigenvalue weighted by atomic mass is 32.2. The van der Waals surface area contributed by atoms with Crippen molar-refractivity contribution in [3.05, 3.63) is 0 Å². The molecule has 0 aromatic carbocycles. The Labute approximate surface area is 84.2 Å². The number of piperazine rings is 1. The lowest BCUT2D eigenvalue weighted by molar-refractivity contribution is -0.133. The summed E-state index contributed by atoms with van der Waals surface area (Å²) < 4.78 is 0. The molecule has 1 heterocycles. The van der Waals surface area contributed by atoms with Gasteiger partial charge < -0.3 is 10.2 Å². The van der Waals surface area contributed by atoms with Crippen LogP contribution in [0.25, 0.3) is 0 Å². The van der Waals surface area contributed by atoms with Gasteiger partial charge in [0.1, 0.15) is 0 Å². The molecule has 76 valence electrons. The summed E-state index contributed by atoms with van der Waals surface area (Å²) in [6, 6.07) is 0.364. The van der Waals surface area contributed by atoms with E-state index in [2.05, 4.69) is 12.2 Å². The molecule has 0 saturated carbocycles. The maximum absolute atomic E-state index is 11.7. The average molecular weight is 202 g/mol. The Kier molecular flexibility index (Phi) is 4.59. The Hall–Kier alpha value is -0.220. The molecule has 4 heteroatoms. The molecule has 1 fully saturated rings. The van der Waals surface area contributed by atoms with E-state index in [1.165, 1.54) is 0 Å². The first-order valence-corrected chi connectivity index (χ1v) is 6.14. The molecule has 0 bridgehead atoms. The van der Waals surface area contributed by atoms with Gasteiger partial charge in [-0.1, -0.05) is 0 Å². The largest absolute Gasteiger partial charge is 0.337 e. The lowest BCUT2D eigenvalue weighted by atomic mass is 10.2. The van der Waals surface area contributed by atoms with E-state index in [0.29, 0.717) is 18.4 Å². The second-order valence-electron chi connectivity index (χ2n) is 3.38. The summed E-state index contributed by atoms with van der Waals surface area (Å²) in [5, 5.41) is 3.28. The quantitative estimate of drug-likeness (QED) is 0.726. The lowest BCUT2D eigenvalue weighted by Gasteiger charge is -2.34. The maximum atomic E-state index is 11.7. The van der Waals surface area contributed by atoms with Gasteiger partial charge in [0.15, 0.2) is 0 Å². The maximum Gasteiger partial charge on any atom is 0.223 e. The molecule has 1 N–H and O–H groups in total. The van der Waals surface area contributed by atoms with Crippen LogP contribution in [0.5, 0.6) is 0 Å². The van der Waals surface area contributed by atoms with Gasteiger partial charge in [-0.25, -0.2) is 0 Å². The normalized spacial score (nSPS) is 23.2. The molecule has 0 radical (unpaired) electrons. The Morgan fingerprint density at radius 1 is 1.69 bits per heavy atom. The predicted molar refractivity (Wildman–Crippen MR) is 57.0 cm³/mol. The number of thioether (sulfide) groups is 1. The Morgan fingerprint density at radius 2 is 2.46 bits per heavy atom. The third-order valence-corrected chi connectivity index (χ3v) is 2.95. The average Bonchev–Trinajstić information content (AvgIpc) is 2.15. The Balaban J connectivity index is 2.35. The summed E-state index contributed by atoms with van der Waals surface area (Å²) in [6.45, 7) is 4.85. The first kappa shape index (κ1) is 10.9. The topological polar surface area (TPSA) is 32.3 Å². The molecule has 1 atom stereocenters. The third-order valence-electron chi connectivity index (χ3n) is 2.34. The van der Waals surface area contributed by atoms with Gasteiger partial charge >= 0.3 is 0 Å². The lowest BCUT2D eigenvalue weighted by Crippen LogP contribution is -2.52. The van der Waals surface area contributed by atoms with Crippen LogP contribution in [-0.4, -0.2) is 48.5 Å². The van der Waals surface area contributed by atoms with Crippen LogP contribution in [0, 0.1) is 0 Å². The van der Waals surface area contributed by atoms with Crippen LogP contribution in [0.15, 0.2) is 0 Å². The fraction of sp³-hybridized carbons (Fsp3) is 0.889. The minimum absolute atomic E-state index is 0.309. The second-order valence-corrected chi connectivity index (χ2v) is 4.37. The molecule has 1 aliphatic rings. The van der Waals surface area contributed by atoms with Crippen molar-refractivity contribution < 1.29 is 4.79 Å². The van der Waals surface area contributed by atoms with Gasteiger partial charge in [-0.15, -0.1) is 0 Å². The summed E-state index contributed by atoms with van der Waals surface area (Å²) >= 11 is 1.73. The van der Waals surface area contributed by atoms with Crippen LogP contribution < -0.4 is 5.32 Å². The van der Waals surface area contributed by atoms with E-state index in [0.717, 1.165) is 25.4 Å². The van der Waals surface area contributed by atoms with Crippen molar-refractivity contribution in [2.75, 3.05) is 31.6 Å². The van der Waals surface area contributed by atoms with Gasteiger partial charge in [0.2, 0.25) is 5.91 Å². The van der Waals surface area contributed by atoms with Crippen LogP contribution in [0.4, 0.5) is 0 Å². The van der Waals surface area contributed by atoms with Crippen LogP contribution in [-0.2, 0) is 4.79 Å². The number of carbonyl (C=O) groups is 1. The molecule has 0 aromatic heterocycles. The molecular weight excluding hydrogens is 184 g/mol. The van der Waals surface area contributed by atoms with E-state index >= 15 is 0 Å². The highest BCUT2D eigenvalue weighted by Crippen LogP contribution is 2.06. The second kappa shape index (κ2) is 5.50. The van der Waals surface area contributed by atoms with E-state index < -0.39 is 0 Å². The Morgan fingerprint density at radius 3 is 3.08 bits per heavy atom. The van der Waals surface area contributed by atoms with E-state index in [1.807, 2.05) is 11.2 Å². The standard InChI is InChI=1S/C9H18N2OS/c1-8-7-10-4-5-11(8)9(12)3-6-13-2/h8,10H,3-7H2,1-2H3. The van der Waals surface area contributed by atoms with E-state index in [9.17, 15) is 4.79 Å². The smallest absolute Gasteiger partial charge is 0.223 e. The van der Waals surface area contributed by atoms with Gasteiger partial charge in [-0.2, -0.15) is 11.8 Å². The number of nitrogens with zero attached hydrogens (tertiary/aromatic N) is 1. The monoisotopic (exact) mass is 202 g/mol. The molecular formula is C9H18N2OS. The summed E-state index contributed by atoms with van der Waals surface area (Å²) in [6.07, 6.45) is 2.72. The number of nitrogens with one attached hydrogen (secondary N) is 1. The predicted octanol–water partition coefficient (Wildman–Crippen LogP) is 0.560. The van der Waals surface area contributed by atoms with Gasteiger partial charge in [0, 0.05) is 37.8 Å². The highest BCUT2D eigenvalue weighted by Gasteiger charge is 2.21. The van der Waals surface area contributed by atoms with Crippen molar-refractivity contribution in [1.82, 2.24) is 10.2 Å². The fourth-order valence-corrected chi connectivity index (χ4v) is 1.92. The molecule has 1 rings (SSSR count). The molecule has 1 unspecified atom stereocenters. The van der Waals surface area contributed by atoms with Gasteiger partial charge in [0.05, 0.1) is 0 Å². The molecule has 3 nitrogen and oxygen atoms in total. The van der Waals surface area contributed by atoms with Gasteiger partial charge in [0.25, 0.3) is 0 Å². The first-order valence-electron chi connectivity index (χ1n) is 4.75. The van der Waals surface area contributed by atoms with Crippen LogP contribution in [0.3, 0.4) is 0 Å². The third kappa shape index (κ3) is 3.19. The molecule has 0 aromatic rings. The number of amides is 1. The zero-order chi connectivity index (χ0) is 9.68. The zero-order valence-corrected chi connectivity index (χ0v) is 9.19. The van der Waals surface area contributed by atoms with Crippen molar-refractivity contribution in [1.29, 1.82) is 0 Å². The van der Waals surface area contributed by atoms with E-state index in [-0.39, 0.29) is 0 Å². The number of hydrogen-bond acceptors (Lipinski definition) is 3. The fourth-order valence-electron chi connectivity index (χ4n) is 1.54. The Bertz CT molecular complexity index is 175. The van der Waals surface area contributed by atoms with Gasteiger partial charge in [-0.3, -0.25) is 4.79 Å². The first-order chi connectivity index (χ1) is 6.25. The molecule has 1 amide bonds. The van der Waals surface area contributed by atoms with Crippen molar-refractivity contribution in [3.8, 4) is 0 Å². The summed E-state index contributed by atoms with van der Waals surface area (Å²) in [5.74, 6) is 1.25. The zero-order valence-electron chi connectivity index (χ0n) is 8.38. The minimum Gasteiger partial charge on any atom is -0.337 e. The minimum atomic E-state index is 0.309. The molecule has 13 heavy (non-hydrogen) atoms. The number of hydrogen-bond donors (Lipinski definition) is 1. The number of carbonyl (C=O) groups excluding carboxylic acids is 1. The molecule has 1 saturated heterocycles. The summed E-state index contributed by atoms with van der Waals surface area (Å²) in [4.78, 5) is 13.6. The van der Waals surface area contributed by atoms with Crippen molar-refractivity contribution in [2.24, 2.45) is 0 Å². The molecule has 0 aliphatic carbocycles. The van der Waals surface area contributed by atoms with Crippen molar-refractivity contribution in [3.63, 3.8) is 0 Å². The van der Waals surface area contributed by atoms with E-state index in [4.69, 9.17) is 0 Å². The highest BCUT2D eigenvalue weighted by molar-refractivity contribution is 7.98. The van der Waals surface area contributed by atoms with Crippen LogP contribution in [0.1, 0.15) is 13.3 Å². The number of rotatable bonds is 3.